The Hall–Kier alpha value is -0.830. The smallest absolute Gasteiger partial charge is 0.0755 e. The minimum absolute atomic E-state index is 0.106. The molecule has 1 atom stereocenters. The van der Waals surface area contributed by atoms with Crippen molar-refractivity contribution in [1.29, 1.82) is 4.78 Å². The van der Waals surface area contributed by atoms with Crippen LogP contribution in [0.3, 0.4) is 0 Å². The molecule has 1 unspecified atom stereocenters. The lowest BCUT2D eigenvalue weighted by Gasteiger charge is -2.27. The number of nitrogens with one attached hydrogen (secondary N) is 1. The van der Waals surface area contributed by atoms with Gasteiger partial charge < -0.3 is 0 Å². The van der Waals surface area contributed by atoms with E-state index < -0.39 is 9.73 Å². The SMILES string of the molecule is N=S(=O)(c1ccccc1)C1CCC1. The van der Waals surface area contributed by atoms with Gasteiger partial charge >= 0.3 is 0 Å². The van der Waals surface area contributed by atoms with E-state index in [4.69, 9.17) is 4.78 Å². The number of benzene rings is 1. The lowest BCUT2D eigenvalue weighted by Crippen LogP contribution is -2.27. The van der Waals surface area contributed by atoms with E-state index in [-0.39, 0.29) is 5.25 Å². The second kappa shape index (κ2) is 3.14. The van der Waals surface area contributed by atoms with E-state index in [1.807, 2.05) is 18.2 Å². The van der Waals surface area contributed by atoms with E-state index in [0.29, 0.717) is 4.90 Å². The minimum Gasteiger partial charge on any atom is -0.249 e. The maximum atomic E-state index is 12.0. The van der Waals surface area contributed by atoms with Gasteiger partial charge in [-0.1, -0.05) is 24.6 Å². The van der Waals surface area contributed by atoms with Crippen LogP contribution in [0.25, 0.3) is 0 Å². The van der Waals surface area contributed by atoms with Crippen LogP contribution in [0.1, 0.15) is 19.3 Å². The van der Waals surface area contributed by atoms with Gasteiger partial charge in [0.2, 0.25) is 0 Å². The zero-order valence-corrected chi connectivity index (χ0v) is 8.22. The molecule has 2 rings (SSSR count). The Labute approximate surface area is 79.0 Å². The standard InChI is InChI=1S/C10H13NOS/c11-13(12,10-7-4-8-10)9-5-2-1-3-6-9/h1-3,5-6,10-11H,4,7-8H2. The molecule has 0 saturated heterocycles. The van der Waals surface area contributed by atoms with Gasteiger partial charge in [-0.2, -0.15) is 0 Å². The molecule has 0 spiro atoms. The van der Waals surface area contributed by atoms with E-state index in [2.05, 4.69) is 0 Å². The molecule has 1 aliphatic rings. The first-order valence-corrected chi connectivity index (χ1v) is 6.16. The van der Waals surface area contributed by atoms with Crippen LogP contribution >= 0.6 is 0 Å². The maximum Gasteiger partial charge on any atom is 0.0755 e. The van der Waals surface area contributed by atoms with Crippen LogP contribution in [-0.2, 0) is 9.73 Å². The molecule has 1 aromatic carbocycles. The summed E-state index contributed by atoms with van der Waals surface area (Å²) >= 11 is 0. The first kappa shape index (κ1) is 8.75. The van der Waals surface area contributed by atoms with Crippen molar-refractivity contribution < 1.29 is 4.21 Å². The normalized spacial score (nSPS) is 21.8. The Morgan fingerprint density at radius 3 is 2.31 bits per heavy atom. The first-order chi connectivity index (χ1) is 6.21. The predicted octanol–water partition coefficient (Wildman–Crippen LogP) is 2.64. The topological polar surface area (TPSA) is 40.9 Å². The molecule has 1 saturated carbocycles. The summed E-state index contributed by atoms with van der Waals surface area (Å²) in [5.74, 6) is 0. The Morgan fingerprint density at radius 2 is 1.85 bits per heavy atom. The Morgan fingerprint density at radius 1 is 1.23 bits per heavy atom. The molecule has 1 fully saturated rings. The first-order valence-electron chi connectivity index (χ1n) is 4.54. The highest BCUT2D eigenvalue weighted by Gasteiger charge is 2.28. The average Bonchev–Trinajstić information content (AvgIpc) is 2.02. The van der Waals surface area contributed by atoms with Crippen molar-refractivity contribution >= 4 is 9.73 Å². The van der Waals surface area contributed by atoms with Gasteiger partial charge in [-0.3, -0.25) is 0 Å². The number of hydrogen-bond acceptors (Lipinski definition) is 2. The fourth-order valence-corrected chi connectivity index (χ4v) is 3.46. The van der Waals surface area contributed by atoms with Gasteiger partial charge in [-0.15, -0.1) is 0 Å². The van der Waals surface area contributed by atoms with Gasteiger partial charge in [-0.25, -0.2) is 8.99 Å². The zero-order chi connectivity index (χ0) is 9.31. The lowest BCUT2D eigenvalue weighted by atomic mass is 10.00. The summed E-state index contributed by atoms with van der Waals surface area (Å²) in [6.07, 6.45) is 3.04. The molecule has 2 nitrogen and oxygen atoms in total. The maximum absolute atomic E-state index is 12.0. The second-order valence-electron chi connectivity index (χ2n) is 3.47. The summed E-state index contributed by atoms with van der Waals surface area (Å²) in [7, 11) is -2.50. The van der Waals surface area contributed by atoms with Crippen molar-refractivity contribution in [3.05, 3.63) is 30.3 Å². The fraction of sp³-hybridized carbons (Fsp3) is 0.400. The zero-order valence-electron chi connectivity index (χ0n) is 7.40. The van der Waals surface area contributed by atoms with Gasteiger partial charge in [0.15, 0.2) is 0 Å². The van der Waals surface area contributed by atoms with E-state index in [1.54, 1.807) is 12.1 Å². The van der Waals surface area contributed by atoms with Crippen molar-refractivity contribution in [1.82, 2.24) is 0 Å². The second-order valence-corrected chi connectivity index (χ2v) is 5.81. The summed E-state index contributed by atoms with van der Waals surface area (Å²) in [6.45, 7) is 0. The predicted molar refractivity (Wildman–Crippen MR) is 53.2 cm³/mol. The highest BCUT2D eigenvalue weighted by Crippen LogP contribution is 2.31. The monoisotopic (exact) mass is 195 g/mol. The third-order valence-corrected chi connectivity index (χ3v) is 5.00. The summed E-state index contributed by atoms with van der Waals surface area (Å²) in [5, 5.41) is 0.106. The van der Waals surface area contributed by atoms with Crippen molar-refractivity contribution in [2.45, 2.75) is 29.4 Å². The van der Waals surface area contributed by atoms with E-state index in [9.17, 15) is 4.21 Å². The van der Waals surface area contributed by atoms with Gasteiger partial charge in [0.25, 0.3) is 0 Å². The van der Waals surface area contributed by atoms with Gasteiger partial charge in [0, 0.05) is 10.1 Å². The van der Waals surface area contributed by atoms with E-state index in [0.717, 1.165) is 19.3 Å². The minimum atomic E-state index is -2.50. The number of rotatable bonds is 2. The van der Waals surface area contributed by atoms with Crippen molar-refractivity contribution in [2.75, 3.05) is 0 Å². The molecule has 13 heavy (non-hydrogen) atoms. The summed E-state index contributed by atoms with van der Waals surface area (Å²) in [6, 6.07) is 9.19. The van der Waals surface area contributed by atoms with Crippen LogP contribution < -0.4 is 0 Å². The largest absolute Gasteiger partial charge is 0.249 e. The summed E-state index contributed by atoms with van der Waals surface area (Å²) in [4.78, 5) is 0.694. The highest BCUT2D eigenvalue weighted by atomic mass is 32.2. The third-order valence-electron chi connectivity index (χ3n) is 2.61. The Balaban J connectivity index is 2.35. The molecule has 1 aliphatic carbocycles. The molecule has 3 heteroatoms. The molecule has 0 aromatic heterocycles. The highest BCUT2D eigenvalue weighted by molar-refractivity contribution is 7.93. The molecular weight excluding hydrogens is 182 g/mol. The molecule has 0 heterocycles. The molecule has 0 amide bonds. The molecule has 0 bridgehead atoms. The van der Waals surface area contributed by atoms with Crippen LogP contribution in [0.15, 0.2) is 35.2 Å². The quantitative estimate of drug-likeness (QED) is 0.774. The van der Waals surface area contributed by atoms with Crippen molar-refractivity contribution in [3.63, 3.8) is 0 Å². The van der Waals surface area contributed by atoms with Gasteiger partial charge in [0.1, 0.15) is 0 Å². The van der Waals surface area contributed by atoms with Crippen molar-refractivity contribution in [2.24, 2.45) is 0 Å². The molecule has 0 aliphatic heterocycles. The summed E-state index contributed by atoms with van der Waals surface area (Å²) < 4.78 is 19.9. The lowest BCUT2D eigenvalue weighted by molar-refractivity contribution is 0.500. The van der Waals surface area contributed by atoms with Crippen LogP contribution in [0.2, 0.25) is 0 Å². The third kappa shape index (κ3) is 1.48. The van der Waals surface area contributed by atoms with E-state index >= 15 is 0 Å². The van der Waals surface area contributed by atoms with Gasteiger partial charge in [0.05, 0.1) is 9.73 Å². The van der Waals surface area contributed by atoms with Crippen LogP contribution in [0, 0.1) is 4.78 Å². The molecule has 1 aromatic rings. The molecule has 70 valence electrons. The van der Waals surface area contributed by atoms with Crippen molar-refractivity contribution in [3.8, 4) is 0 Å². The van der Waals surface area contributed by atoms with E-state index in [1.165, 1.54) is 0 Å². The van der Waals surface area contributed by atoms with Crippen LogP contribution in [0.5, 0.6) is 0 Å². The average molecular weight is 195 g/mol. The summed E-state index contributed by atoms with van der Waals surface area (Å²) in [5.41, 5.74) is 0. The molecule has 0 radical (unpaired) electrons. The Bertz CT molecular complexity index is 379. The number of hydrogen-bond donors (Lipinski definition) is 1. The molecular formula is C10H13NOS. The Kier molecular flexibility index (Phi) is 2.12. The van der Waals surface area contributed by atoms with Gasteiger partial charge in [-0.05, 0) is 25.0 Å². The van der Waals surface area contributed by atoms with Crippen LogP contribution in [0.4, 0.5) is 0 Å². The fourth-order valence-electron chi connectivity index (χ4n) is 1.52. The molecule has 1 N–H and O–H groups in total. The van der Waals surface area contributed by atoms with Crippen LogP contribution in [-0.4, -0.2) is 9.46 Å².